The zero-order valence-corrected chi connectivity index (χ0v) is 12.2. The molecule has 0 saturated carbocycles. The monoisotopic (exact) mass is 278 g/mol. The van der Waals surface area contributed by atoms with E-state index in [9.17, 15) is 4.39 Å². The molecule has 1 N–H and O–H groups in total. The van der Waals surface area contributed by atoms with Gasteiger partial charge in [0, 0.05) is 25.7 Å². The third kappa shape index (κ3) is 2.81. The topological polar surface area (TPSA) is 24.5 Å². The number of hydrogen-bond donors (Lipinski definition) is 1. The number of benzene rings is 1. The van der Waals surface area contributed by atoms with Gasteiger partial charge in [0.15, 0.2) is 0 Å². The van der Waals surface area contributed by atoms with Gasteiger partial charge in [-0.15, -0.1) is 0 Å². The first-order valence-corrected chi connectivity index (χ1v) is 7.54. The van der Waals surface area contributed by atoms with Gasteiger partial charge in [-0.3, -0.25) is 0 Å². The van der Waals surface area contributed by atoms with Gasteiger partial charge in [-0.2, -0.15) is 0 Å². The highest BCUT2D eigenvalue weighted by Gasteiger charge is 2.35. The molecule has 2 aliphatic rings. The van der Waals surface area contributed by atoms with Crippen LogP contribution in [0.15, 0.2) is 18.2 Å². The largest absolute Gasteiger partial charge is 0.371 e. The SMILES string of the molecule is CC(C)NCc1cccc(F)c1N1CC2CCC(C1)O2. The van der Waals surface area contributed by atoms with Gasteiger partial charge in [0.05, 0.1) is 17.9 Å². The molecule has 2 fully saturated rings. The Kier molecular flexibility index (Phi) is 3.94. The van der Waals surface area contributed by atoms with Crippen LogP contribution in [-0.2, 0) is 11.3 Å². The minimum absolute atomic E-state index is 0.116. The van der Waals surface area contributed by atoms with E-state index in [0.717, 1.165) is 37.2 Å². The lowest BCUT2D eigenvalue weighted by Gasteiger charge is -2.35. The first kappa shape index (κ1) is 13.8. The van der Waals surface area contributed by atoms with E-state index < -0.39 is 0 Å². The molecule has 4 heteroatoms. The molecule has 3 rings (SSSR count). The summed E-state index contributed by atoms with van der Waals surface area (Å²) in [6.07, 6.45) is 2.77. The van der Waals surface area contributed by atoms with E-state index in [1.807, 2.05) is 6.07 Å². The van der Waals surface area contributed by atoms with Crippen molar-refractivity contribution < 1.29 is 9.13 Å². The van der Waals surface area contributed by atoms with Gasteiger partial charge in [0.1, 0.15) is 5.82 Å². The second-order valence-corrected chi connectivity index (χ2v) is 6.15. The lowest BCUT2D eigenvalue weighted by molar-refractivity contribution is 0.0302. The lowest BCUT2D eigenvalue weighted by atomic mass is 10.1. The van der Waals surface area contributed by atoms with Crippen LogP contribution in [-0.4, -0.2) is 31.3 Å². The first-order valence-electron chi connectivity index (χ1n) is 7.54. The van der Waals surface area contributed by atoms with E-state index in [-0.39, 0.29) is 18.0 Å². The van der Waals surface area contributed by atoms with E-state index in [1.54, 1.807) is 12.1 Å². The summed E-state index contributed by atoms with van der Waals surface area (Å²) in [6, 6.07) is 5.77. The molecule has 1 aromatic carbocycles. The van der Waals surface area contributed by atoms with Crippen molar-refractivity contribution in [2.45, 2.75) is 51.5 Å². The molecule has 110 valence electrons. The summed E-state index contributed by atoms with van der Waals surface area (Å²) in [5.74, 6) is -0.116. The zero-order valence-electron chi connectivity index (χ0n) is 12.2. The van der Waals surface area contributed by atoms with Crippen molar-refractivity contribution in [1.29, 1.82) is 0 Å². The van der Waals surface area contributed by atoms with E-state index >= 15 is 0 Å². The highest BCUT2D eigenvalue weighted by Crippen LogP contribution is 2.33. The number of fused-ring (bicyclic) bond motifs is 2. The Bertz CT molecular complexity index is 466. The Hall–Kier alpha value is -1.13. The average molecular weight is 278 g/mol. The predicted octanol–water partition coefficient (Wildman–Crippen LogP) is 2.69. The lowest BCUT2D eigenvalue weighted by Crippen LogP contribution is -2.43. The summed E-state index contributed by atoms with van der Waals surface area (Å²) in [6.45, 7) is 6.54. The van der Waals surface area contributed by atoms with Gasteiger partial charge >= 0.3 is 0 Å². The molecule has 2 heterocycles. The number of halogens is 1. The van der Waals surface area contributed by atoms with Crippen LogP contribution < -0.4 is 10.2 Å². The van der Waals surface area contributed by atoms with Crippen LogP contribution in [0.4, 0.5) is 10.1 Å². The second-order valence-electron chi connectivity index (χ2n) is 6.15. The fourth-order valence-electron chi connectivity index (χ4n) is 3.17. The van der Waals surface area contributed by atoms with Crippen molar-refractivity contribution in [2.75, 3.05) is 18.0 Å². The average Bonchev–Trinajstić information content (AvgIpc) is 2.75. The summed E-state index contributed by atoms with van der Waals surface area (Å²) in [5.41, 5.74) is 1.81. The number of nitrogens with zero attached hydrogens (tertiary/aromatic N) is 1. The van der Waals surface area contributed by atoms with Gasteiger partial charge in [-0.1, -0.05) is 26.0 Å². The number of hydrogen-bond acceptors (Lipinski definition) is 3. The molecule has 2 atom stereocenters. The molecule has 20 heavy (non-hydrogen) atoms. The quantitative estimate of drug-likeness (QED) is 0.916. The number of nitrogens with one attached hydrogen (secondary N) is 1. The van der Waals surface area contributed by atoms with Gasteiger partial charge < -0.3 is 15.0 Å². The fourth-order valence-corrected chi connectivity index (χ4v) is 3.17. The van der Waals surface area contributed by atoms with Crippen molar-refractivity contribution >= 4 is 5.69 Å². The van der Waals surface area contributed by atoms with E-state index in [1.165, 1.54) is 0 Å². The Morgan fingerprint density at radius 1 is 1.30 bits per heavy atom. The zero-order chi connectivity index (χ0) is 14.1. The standard InChI is InChI=1S/C16H23FN2O/c1-11(2)18-8-12-4-3-5-15(17)16(12)19-9-13-6-7-14(10-19)20-13/h3-5,11,13-14,18H,6-10H2,1-2H3. The molecule has 2 unspecified atom stereocenters. The predicted molar refractivity (Wildman–Crippen MR) is 78.5 cm³/mol. The molecular weight excluding hydrogens is 255 g/mol. The van der Waals surface area contributed by atoms with Crippen LogP contribution in [0.25, 0.3) is 0 Å². The van der Waals surface area contributed by atoms with Gasteiger partial charge in [0.2, 0.25) is 0 Å². The molecule has 2 saturated heterocycles. The molecule has 0 aliphatic carbocycles. The fraction of sp³-hybridized carbons (Fsp3) is 0.625. The minimum atomic E-state index is -0.116. The maximum atomic E-state index is 14.3. The van der Waals surface area contributed by atoms with Crippen LogP contribution in [0, 0.1) is 5.82 Å². The molecule has 2 aliphatic heterocycles. The molecule has 0 spiro atoms. The third-order valence-electron chi connectivity index (χ3n) is 4.13. The molecular formula is C16H23FN2O. The highest BCUT2D eigenvalue weighted by molar-refractivity contribution is 5.55. The molecule has 3 nitrogen and oxygen atoms in total. The third-order valence-corrected chi connectivity index (χ3v) is 4.13. The van der Waals surface area contributed by atoms with E-state index in [0.29, 0.717) is 12.6 Å². The van der Waals surface area contributed by atoms with Gasteiger partial charge in [0.25, 0.3) is 0 Å². The van der Waals surface area contributed by atoms with Crippen LogP contribution >= 0.6 is 0 Å². The minimum Gasteiger partial charge on any atom is -0.371 e. The Balaban J connectivity index is 1.83. The van der Waals surface area contributed by atoms with Crippen LogP contribution in [0.1, 0.15) is 32.3 Å². The van der Waals surface area contributed by atoms with E-state index in [2.05, 4.69) is 24.1 Å². The summed E-state index contributed by atoms with van der Waals surface area (Å²) in [5, 5.41) is 3.38. The van der Waals surface area contributed by atoms with Crippen LogP contribution in [0.5, 0.6) is 0 Å². The molecule has 0 aromatic heterocycles. The highest BCUT2D eigenvalue weighted by atomic mass is 19.1. The smallest absolute Gasteiger partial charge is 0.146 e. The maximum absolute atomic E-state index is 14.3. The number of para-hydroxylation sites is 1. The van der Waals surface area contributed by atoms with Crippen molar-refractivity contribution in [2.24, 2.45) is 0 Å². The first-order chi connectivity index (χ1) is 9.63. The number of rotatable bonds is 4. The van der Waals surface area contributed by atoms with Crippen molar-refractivity contribution in [3.05, 3.63) is 29.6 Å². The molecule has 1 aromatic rings. The Morgan fingerprint density at radius 2 is 2.00 bits per heavy atom. The van der Waals surface area contributed by atoms with E-state index in [4.69, 9.17) is 4.74 Å². The summed E-state index contributed by atoms with van der Waals surface area (Å²) >= 11 is 0. The van der Waals surface area contributed by atoms with Crippen molar-refractivity contribution in [3.8, 4) is 0 Å². The number of morpholine rings is 1. The van der Waals surface area contributed by atoms with Crippen molar-refractivity contribution in [3.63, 3.8) is 0 Å². The van der Waals surface area contributed by atoms with Crippen molar-refractivity contribution in [1.82, 2.24) is 5.32 Å². The summed E-state index contributed by atoms with van der Waals surface area (Å²) in [7, 11) is 0. The summed E-state index contributed by atoms with van der Waals surface area (Å²) < 4.78 is 20.2. The normalized spacial score (nSPS) is 25.5. The van der Waals surface area contributed by atoms with Gasteiger partial charge in [-0.25, -0.2) is 4.39 Å². The Labute approximate surface area is 120 Å². The molecule has 0 radical (unpaired) electrons. The van der Waals surface area contributed by atoms with Crippen LogP contribution in [0.3, 0.4) is 0 Å². The number of anilines is 1. The summed E-state index contributed by atoms with van der Waals surface area (Å²) in [4.78, 5) is 2.18. The molecule has 2 bridgehead atoms. The second kappa shape index (κ2) is 5.70. The Morgan fingerprint density at radius 3 is 2.65 bits per heavy atom. The van der Waals surface area contributed by atoms with Crippen LogP contribution in [0.2, 0.25) is 0 Å². The molecule has 0 amide bonds. The van der Waals surface area contributed by atoms with Gasteiger partial charge in [-0.05, 0) is 24.5 Å². The number of ether oxygens (including phenoxy) is 1. The maximum Gasteiger partial charge on any atom is 0.146 e.